The highest BCUT2D eigenvalue weighted by Crippen LogP contribution is 2.28. The van der Waals surface area contributed by atoms with E-state index in [-0.39, 0.29) is 12.2 Å². The summed E-state index contributed by atoms with van der Waals surface area (Å²) in [6.45, 7) is 4.17. The lowest BCUT2D eigenvalue weighted by molar-refractivity contribution is -0.155. The third-order valence-corrected chi connectivity index (χ3v) is 2.24. The minimum Gasteiger partial charge on any atom is -0.492 e. The van der Waals surface area contributed by atoms with Gasteiger partial charge in [0.1, 0.15) is 12.2 Å². The predicted molar refractivity (Wildman–Crippen MR) is 44.9 cm³/mol. The molecular formula is C9H14O4. The molecule has 0 amide bonds. The Morgan fingerprint density at radius 2 is 2.23 bits per heavy atom. The quantitative estimate of drug-likeness (QED) is 0.644. The van der Waals surface area contributed by atoms with Gasteiger partial charge < -0.3 is 19.3 Å². The monoisotopic (exact) mass is 186 g/mol. The van der Waals surface area contributed by atoms with Crippen molar-refractivity contribution >= 4 is 0 Å². The highest BCUT2D eigenvalue weighted by Gasteiger charge is 2.41. The van der Waals surface area contributed by atoms with Crippen molar-refractivity contribution in [3.05, 3.63) is 12.3 Å². The lowest BCUT2D eigenvalue weighted by atomic mass is 10.1. The molecule has 13 heavy (non-hydrogen) atoms. The fourth-order valence-corrected chi connectivity index (χ4v) is 1.59. The normalized spacial score (nSPS) is 42.2. The molecule has 4 heteroatoms. The van der Waals surface area contributed by atoms with Gasteiger partial charge in [-0.1, -0.05) is 0 Å². The summed E-state index contributed by atoms with van der Waals surface area (Å²) in [5.41, 5.74) is 0. The van der Waals surface area contributed by atoms with E-state index < -0.39 is 11.9 Å². The van der Waals surface area contributed by atoms with Gasteiger partial charge >= 0.3 is 0 Å². The summed E-state index contributed by atoms with van der Waals surface area (Å²) in [6, 6.07) is 0. The van der Waals surface area contributed by atoms with Crippen molar-refractivity contribution in [2.45, 2.75) is 37.9 Å². The summed E-state index contributed by atoms with van der Waals surface area (Å²) >= 11 is 0. The Morgan fingerprint density at radius 3 is 2.69 bits per heavy atom. The Labute approximate surface area is 77.1 Å². The molecule has 0 aromatic carbocycles. The van der Waals surface area contributed by atoms with Crippen molar-refractivity contribution in [2.75, 3.05) is 6.61 Å². The van der Waals surface area contributed by atoms with Gasteiger partial charge in [0.25, 0.3) is 0 Å². The molecule has 1 saturated heterocycles. The van der Waals surface area contributed by atoms with Crippen LogP contribution in [-0.2, 0) is 14.2 Å². The minimum absolute atomic E-state index is 0.181. The summed E-state index contributed by atoms with van der Waals surface area (Å²) in [6.07, 6.45) is 2.04. The van der Waals surface area contributed by atoms with Crippen LogP contribution < -0.4 is 0 Å². The average Bonchev–Trinajstić information content (AvgIpc) is 2.56. The predicted octanol–water partition coefficient (Wildman–Crippen LogP) is 0.411. The molecule has 74 valence electrons. The Morgan fingerprint density at radius 1 is 1.46 bits per heavy atom. The van der Waals surface area contributed by atoms with Crippen molar-refractivity contribution in [3.8, 4) is 0 Å². The van der Waals surface area contributed by atoms with Crippen molar-refractivity contribution in [1.29, 1.82) is 0 Å². The lowest BCUT2D eigenvalue weighted by Gasteiger charge is -2.22. The zero-order chi connectivity index (χ0) is 9.47. The largest absolute Gasteiger partial charge is 0.492 e. The van der Waals surface area contributed by atoms with Gasteiger partial charge in [-0.15, -0.1) is 0 Å². The Bertz CT molecular complexity index is 224. The third kappa shape index (κ3) is 1.70. The maximum atomic E-state index is 9.47. The van der Waals surface area contributed by atoms with Gasteiger partial charge in [0.2, 0.25) is 0 Å². The smallest absolute Gasteiger partial charge is 0.163 e. The Hall–Kier alpha value is -0.580. The zero-order valence-electron chi connectivity index (χ0n) is 7.77. The topological polar surface area (TPSA) is 47.9 Å². The molecule has 0 bridgehead atoms. The van der Waals surface area contributed by atoms with Crippen molar-refractivity contribution in [1.82, 2.24) is 0 Å². The molecule has 2 heterocycles. The maximum absolute atomic E-state index is 9.47. The van der Waals surface area contributed by atoms with Crippen molar-refractivity contribution in [2.24, 2.45) is 0 Å². The van der Waals surface area contributed by atoms with E-state index in [2.05, 4.69) is 0 Å². The molecule has 2 aliphatic rings. The number of hydrogen-bond donors (Lipinski definition) is 1. The SMILES string of the molecule is CC1(C)OC[C@@H]([C@H]2OC=C[C@H]2O)O1. The minimum atomic E-state index is -0.581. The first-order chi connectivity index (χ1) is 6.08. The number of aliphatic hydroxyl groups is 1. The molecule has 4 nitrogen and oxygen atoms in total. The van der Waals surface area contributed by atoms with E-state index in [4.69, 9.17) is 14.2 Å². The average molecular weight is 186 g/mol. The second-order valence-corrected chi connectivity index (χ2v) is 3.79. The molecule has 1 N–H and O–H groups in total. The van der Waals surface area contributed by atoms with E-state index in [9.17, 15) is 5.11 Å². The van der Waals surface area contributed by atoms with Gasteiger partial charge in [-0.2, -0.15) is 0 Å². The molecule has 0 radical (unpaired) electrons. The second kappa shape index (κ2) is 2.97. The van der Waals surface area contributed by atoms with Crippen LogP contribution >= 0.6 is 0 Å². The summed E-state index contributed by atoms with van der Waals surface area (Å²) in [4.78, 5) is 0. The molecule has 0 spiro atoms. The fourth-order valence-electron chi connectivity index (χ4n) is 1.59. The molecule has 3 atom stereocenters. The van der Waals surface area contributed by atoms with Crippen LogP contribution in [-0.4, -0.2) is 35.8 Å². The van der Waals surface area contributed by atoms with Crippen molar-refractivity contribution < 1.29 is 19.3 Å². The first kappa shape index (κ1) is 8.99. The molecule has 0 aromatic heterocycles. The number of hydrogen-bond acceptors (Lipinski definition) is 4. The molecule has 1 fully saturated rings. The third-order valence-electron chi connectivity index (χ3n) is 2.24. The van der Waals surface area contributed by atoms with Crippen LogP contribution in [0.25, 0.3) is 0 Å². The highest BCUT2D eigenvalue weighted by atomic mass is 16.7. The summed E-state index contributed by atoms with van der Waals surface area (Å²) in [5, 5.41) is 9.47. The Balaban J connectivity index is 1.97. The summed E-state index contributed by atoms with van der Waals surface area (Å²) < 4.78 is 16.1. The number of aliphatic hydroxyl groups excluding tert-OH is 1. The van der Waals surface area contributed by atoms with Gasteiger partial charge in [0.15, 0.2) is 11.9 Å². The molecule has 0 aromatic rings. The van der Waals surface area contributed by atoms with Gasteiger partial charge in [-0.05, 0) is 19.9 Å². The Kier molecular flexibility index (Phi) is 2.06. The first-order valence-corrected chi connectivity index (χ1v) is 4.40. The molecule has 0 aliphatic carbocycles. The van der Waals surface area contributed by atoms with Crippen molar-refractivity contribution in [3.63, 3.8) is 0 Å². The molecule has 2 aliphatic heterocycles. The van der Waals surface area contributed by atoms with Crippen LogP contribution in [0, 0.1) is 0 Å². The molecule has 2 rings (SSSR count). The number of ether oxygens (including phenoxy) is 3. The second-order valence-electron chi connectivity index (χ2n) is 3.79. The first-order valence-electron chi connectivity index (χ1n) is 4.40. The van der Waals surface area contributed by atoms with Gasteiger partial charge in [0, 0.05) is 0 Å². The summed E-state index contributed by atoms with van der Waals surface area (Å²) in [5.74, 6) is -0.559. The standard InChI is InChI=1S/C9H14O4/c1-9(2)12-5-7(13-9)8-6(10)3-4-11-8/h3-4,6-8,10H,5H2,1-2H3/t6-,7+,8+/m1/s1. The van der Waals surface area contributed by atoms with E-state index in [0.29, 0.717) is 6.61 Å². The van der Waals surface area contributed by atoms with Crippen LogP contribution in [0.1, 0.15) is 13.8 Å². The van der Waals surface area contributed by atoms with Crippen LogP contribution in [0.4, 0.5) is 0 Å². The van der Waals surface area contributed by atoms with E-state index in [1.807, 2.05) is 13.8 Å². The van der Waals surface area contributed by atoms with Gasteiger partial charge in [-0.25, -0.2) is 0 Å². The molecular weight excluding hydrogens is 172 g/mol. The lowest BCUT2D eigenvalue weighted by Crippen LogP contribution is -2.37. The van der Waals surface area contributed by atoms with Gasteiger partial charge in [0.05, 0.1) is 12.9 Å². The zero-order valence-corrected chi connectivity index (χ0v) is 7.77. The van der Waals surface area contributed by atoms with E-state index >= 15 is 0 Å². The van der Waals surface area contributed by atoms with Crippen LogP contribution in [0.3, 0.4) is 0 Å². The highest BCUT2D eigenvalue weighted by molar-refractivity contribution is 5.00. The maximum Gasteiger partial charge on any atom is 0.163 e. The van der Waals surface area contributed by atoms with E-state index in [0.717, 1.165) is 0 Å². The van der Waals surface area contributed by atoms with Crippen LogP contribution in [0.15, 0.2) is 12.3 Å². The van der Waals surface area contributed by atoms with Crippen LogP contribution in [0.2, 0.25) is 0 Å². The van der Waals surface area contributed by atoms with Gasteiger partial charge in [-0.3, -0.25) is 0 Å². The van der Waals surface area contributed by atoms with Crippen LogP contribution in [0.5, 0.6) is 0 Å². The van der Waals surface area contributed by atoms with E-state index in [1.165, 1.54) is 6.26 Å². The molecule has 0 unspecified atom stereocenters. The summed E-state index contributed by atoms with van der Waals surface area (Å²) in [7, 11) is 0. The molecule has 0 saturated carbocycles. The fraction of sp³-hybridized carbons (Fsp3) is 0.778. The number of rotatable bonds is 1. The van der Waals surface area contributed by atoms with E-state index in [1.54, 1.807) is 6.08 Å².